The van der Waals surface area contributed by atoms with Gasteiger partial charge in [0.1, 0.15) is 0 Å². The lowest BCUT2D eigenvalue weighted by atomic mass is 9.83. The largest absolute Gasteiger partial charge is 0.395 e. The molecule has 244 valence electrons. The first kappa shape index (κ1) is 33.0. The maximum Gasteiger partial charge on any atom is 0.264 e. The molecule has 5 aromatic rings. The minimum Gasteiger partial charge on any atom is -0.395 e. The summed E-state index contributed by atoms with van der Waals surface area (Å²) < 4.78 is 2.49. The van der Waals surface area contributed by atoms with Crippen molar-refractivity contribution in [2.75, 3.05) is 16.4 Å². The van der Waals surface area contributed by atoms with E-state index in [1.165, 1.54) is 0 Å². The third-order valence-corrected chi connectivity index (χ3v) is 9.30. The van der Waals surface area contributed by atoms with Crippen molar-refractivity contribution in [1.29, 1.82) is 0 Å². The van der Waals surface area contributed by atoms with Gasteiger partial charge in [-0.3, -0.25) is 19.2 Å². The predicted molar refractivity (Wildman–Crippen MR) is 189 cm³/mol. The van der Waals surface area contributed by atoms with Crippen LogP contribution >= 0.6 is 15.9 Å². The average molecular weight is 707 g/mol. The third-order valence-electron chi connectivity index (χ3n) is 8.81. The summed E-state index contributed by atoms with van der Waals surface area (Å²) in [5, 5.41) is 30.6. The van der Waals surface area contributed by atoms with Crippen LogP contribution in [0.15, 0.2) is 126 Å². The van der Waals surface area contributed by atoms with Crippen LogP contribution in [0.25, 0.3) is 0 Å². The van der Waals surface area contributed by atoms with Crippen LogP contribution in [-0.4, -0.2) is 44.1 Å². The number of hydrogen-bond donors (Lipinski definition) is 2. The molecule has 0 saturated heterocycles. The Labute approximate surface area is 287 Å². The van der Waals surface area contributed by atoms with Crippen molar-refractivity contribution in [3.05, 3.63) is 148 Å². The van der Waals surface area contributed by atoms with Gasteiger partial charge in [-0.05, 0) is 60.0 Å². The lowest BCUT2D eigenvalue weighted by Crippen LogP contribution is -2.44. The highest BCUT2D eigenvalue weighted by Crippen LogP contribution is 2.47. The molecule has 9 nitrogen and oxygen atoms in total. The molecular weight excluding hydrogens is 670 g/mol. The maximum absolute atomic E-state index is 14.1. The maximum atomic E-state index is 14.1. The number of hydrogen-bond acceptors (Lipinski definition) is 6. The topological polar surface area (TPSA) is 112 Å². The molecule has 0 radical (unpaired) electrons. The Morgan fingerprint density at radius 2 is 1.69 bits per heavy atom. The molecule has 48 heavy (non-hydrogen) atoms. The van der Waals surface area contributed by atoms with E-state index in [4.69, 9.17) is 0 Å². The summed E-state index contributed by atoms with van der Waals surface area (Å²) >= 11 is 3.52. The van der Waals surface area contributed by atoms with Crippen LogP contribution in [0.5, 0.6) is 0 Å². The standard InChI is InChI=1S/C38H36BrN5O4/c1-27(11-8-9-20-42-24-35(40-41-42)33(25-45)29-13-4-2-5-14-29)38(48)34-22-30(39)18-19-36(34)43(37(38)47)23-28-12-10-17-32(21-28)44(26-46)31-15-6-3-7-16-31/h2-8,10-19,21-22,24,26-27,33,45,48H,9,20,23,25H2,1H3/b11-8+/t27-,33?,38+/m1/s1. The SMILES string of the molecule is C[C@H](/C=C/CCn1cc(C(CO)c2ccccc2)nn1)[C@@]1(O)C(=O)N(Cc2cccc(N(C=O)c3ccccc3)c2)c2ccc(Br)cc21. The lowest BCUT2D eigenvalue weighted by molar-refractivity contribution is -0.139. The molecule has 1 aromatic heterocycles. The number of aliphatic hydroxyl groups excluding tert-OH is 1. The number of aryl methyl sites for hydroxylation is 1. The summed E-state index contributed by atoms with van der Waals surface area (Å²) in [6.45, 7) is 2.52. The van der Waals surface area contributed by atoms with Gasteiger partial charge in [-0.1, -0.05) is 101 Å². The zero-order valence-electron chi connectivity index (χ0n) is 26.4. The number of amides is 2. The summed E-state index contributed by atoms with van der Waals surface area (Å²) in [6.07, 6.45) is 7.02. The van der Waals surface area contributed by atoms with Gasteiger partial charge < -0.3 is 15.1 Å². The van der Waals surface area contributed by atoms with Crippen LogP contribution < -0.4 is 9.80 Å². The predicted octanol–water partition coefficient (Wildman–Crippen LogP) is 6.48. The Hall–Kier alpha value is -4.90. The first-order valence-electron chi connectivity index (χ1n) is 15.8. The summed E-state index contributed by atoms with van der Waals surface area (Å²) in [4.78, 5) is 29.3. The molecule has 2 amide bonds. The van der Waals surface area contributed by atoms with Crippen molar-refractivity contribution in [2.45, 2.75) is 38.0 Å². The first-order chi connectivity index (χ1) is 23.3. The fourth-order valence-corrected chi connectivity index (χ4v) is 6.57. The van der Waals surface area contributed by atoms with Crippen molar-refractivity contribution < 1.29 is 19.8 Å². The monoisotopic (exact) mass is 705 g/mol. The zero-order valence-corrected chi connectivity index (χ0v) is 28.0. The zero-order chi connectivity index (χ0) is 33.7. The van der Waals surface area contributed by atoms with Gasteiger partial charge in [0.15, 0.2) is 5.60 Å². The van der Waals surface area contributed by atoms with E-state index in [-0.39, 0.29) is 19.1 Å². The number of para-hydroxylation sites is 1. The Morgan fingerprint density at radius 3 is 2.42 bits per heavy atom. The molecular formula is C38H36BrN5O4. The van der Waals surface area contributed by atoms with Crippen molar-refractivity contribution in [1.82, 2.24) is 15.0 Å². The number of carbonyl (C=O) groups excluding carboxylic acids is 2. The second-order valence-electron chi connectivity index (χ2n) is 11.9. The van der Waals surface area contributed by atoms with E-state index in [1.54, 1.807) is 20.5 Å². The van der Waals surface area contributed by atoms with Crippen molar-refractivity contribution in [3.8, 4) is 0 Å². The quantitative estimate of drug-likeness (QED) is 0.107. The van der Waals surface area contributed by atoms with E-state index in [2.05, 4.69) is 26.2 Å². The summed E-state index contributed by atoms with van der Waals surface area (Å²) in [5.74, 6) is -1.21. The minimum absolute atomic E-state index is 0.0718. The third kappa shape index (κ3) is 6.60. The Morgan fingerprint density at radius 1 is 0.958 bits per heavy atom. The van der Waals surface area contributed by atoms with Crippen molar-refractivity contribution in [3.63, 3.8) is 0 Å². The minimum atomic E-state index is -1.78. The van der Waals surface area contributed by atoms with E-state index < -0.39 is 17.4 Å². The number of aromatic nitrogens is 3. The molecule has 0 aliphatic carbocycles. The molecule has 2 heterocycles. The molecule has 3 atom stereocenters. The normalized spacial score (nSPS) is 17.0. The fraction of sp³-hybridized carbons (Fsp3) is 0.211. The van der Waals surface area contributed by atoms with E-state index in [9.17, 15) is 19.8 Å². The summed E-state index contributed by atoms with van der Waals surface area (Å²) in [6, 6.07) is 32.1. The van der Waals surface area contributed by atoms with E-state index >= 15 is 0 Å². The smallest absolute Gasteiger partial charge is 0.264 e. The molecule has 0 fully saturated rings. The molecule has 0 bridgehead atoms. The number of halogens is 1. The Balaban J connectivity index is 1.17. The molecule has 4 aromatic carbocycles. The van der Waals surface area contributed by atoms with Crippen LogP contribution in [0.3, 0.4) is 0 Å². The molecule has 1 aliphatic rings. The average Bonchev–Trinajstić information content (AvgIpc) is 3.66. The molecule has 1 aliphatic heterocycles. The van der Waals surface area contributed by atoms with Gasteiger partial charge in [-0.15, -0.1) is 5.10 Å². The number of benzene rings is 4. The van der Waals surface area contributed by atoms with Crippen molar-refractivity contribution in [2.24, 2.45) is 5.92 Å². The van der Waals surface area contributed by atoms with E-state index in [0.717, 1.165) is 27.7 Å². The lowest BCUT2D eigenvalue weighted by Gasteiger charge is -2.28. The second-order valence-corrected chi connectivity index (χ2v) is 12.8. The number of anilines is 3. The fourth-order valence-electron chi connectivity index (χ4n) is 6.21. The van der Waals surface area contributed by atoms with E-state index in [0.29, 0.717) is 35.6 Å². The van der Waals surface area contributed by atoms with Crippen LogP contribution in [0, 0.1) is 5.92 Å². The number of aliphatic hydroxyl groups is 2. The van der Waals surface area contributed by atoms with Crippen LogP contribution in [-0.2, 0) is 28.3 Å². The van der Waals surface area contributed by atoms with Gasteiger partial charge in [0.2, 0.25) is 6.41 Å². The number of carbonyl (C=O) groups is 2. The number of nitrogens with zero attached hydrogens (tertiary/aromatic N) is 5. The Bertz CT molecular complexity index is 1920. The number of fused-ring (bicyclic) bond motifs is 1. The van der Waals surface area contributed by atoms with Gasteiger partial charge in [0.25, 0.3) is 5.91 Å². The summed E-state index contributed by atoms with van der Waals surface area (Å²) in [5.41, 5.74) is 3.28. The number of allylic oxidation sites excluding steroid dienone is 1. The highest BCUT2D eigenvalue weighted by molar-refractivity contribution is 9.10. The molecule has 2 N–H and O–H groups in total. The van der Waals surface area contributed by atoms with Crippen LogP contribution in [0.1, 0.15) is 41.6 Å². The highest BCUT2D eigenvalue weighted by atomic mass is 79.9. The van der Waals surface area contributed by atoms with Gasteiger partial charge in [0, 0.05) is 40.1 Å². The molecule has 0 saturated carbocycles. The molecule has 6 rings (SSSR count). The van der Waals surface area contributed by atoms with Gasteiger partial charge in [0.05, 0.1) is 30.5 Å². The highest BCUT2D eigenvalue weighted by Gasteiger charge is 2.52. The second kappa shape index (κ2) is 14.5. The van der Waals surface area contributed by atoms with Crippen molar-refractivity contribution >= 4 is 45.3 Å². The first-order valence-corrected chi connectivity index (χ1v) is 16.6. The number of rotatable bonds is 13. The molecule has 0 spiro atoms. The van der Waals surface area contributed by atoms with E-state index in [1.807, 2.05) is 122 Å². The van der Waals surface area contributed by atoms with Crippen LogP contribution in [0.4, 0.5) is 17.1 Å². The van der Waals surface area contributed by atoms with Gasteiger partial charge in [-0.2, -0.15) is 0 Å². The van der Waals surface area contributed by atoms with Gasteiger partial charge >= 0.3 is 0 Å². The molecule has 1 unspecified atom stereocenters. The molecule has 10 heteroatoms. The summed E-state index contributed by atoms with van der Waals surface area (Å²) in [7, 11) is 0. The van der Waals surface area contributed by atoms with Crippen LogP contribution in [0.2, 0.25) is 0 Å². The van der Waals surface area contributed by atoms with Gasteiger partial charge in [-0.25, -0.2) is 0 Å². The Kier molecular flexibility index (Phi) is 9.95.